The molecule has 0 radical (unpaired) electrons. The minimum Gasteiger partial charge on any atom is -0.478 e. The number of thioether (sulfide) groups is 2. The summed E-state index contributed by atoms with van der Waals surface area (Å²) >= 11 is 3.39. The molecule has 3 aromatic carbocycles. The van der Waals surface area contributed by atoms with Crippen LogP contribution >= 0.6 is 23.5 Å². The number of rotatable bonds is 9. The Kier molecular flexibility index (Phi) is 7.77. The van der Waals surface area contributed by atoms with Gasteiger partial charge in [-0.05, 0) is 49.2 Å². The SMILES string of the molecule is Cc1ccccc1SCC(CSc1ccccc1C)C(=O)c1ccc(C(=O)O)cc1. The molecule has 0 amide bonds. The van der Waals surface area contributed by atoms with E-state index in [1.54, 1.807) is 35.7 Å². The average Bonchev–Trinajstić information content (AvgIpc) is 2.75. The molecule has 0 atom stereocenters. The van der Waals surface area contributed by atoms with Gasteiger partial charge in [-0.3, -0.25) is 4.79 Å². The normalized spacial score (nSPS) is 10.9. The van der Waals surface area contributed by atoms with Gasteiger partial charge in [0, 0.05) is 32.8 Å². The molecular weight excluding hydrogens is 412 g/mol. The number of carbonyl (C=O) groups excluding carboxylic acids is 1. The zero-order valence-electron chi connectivity index (χ0n) is 17.0. The molecule has 0 heterocycles. The third-order valence-electron chi connectivity index (χ3n) is 4.85. The third-order valence-corrected chi connectivity index (χ3v) is 7.53. The van der Waals surface area contributed by atoms with E-state index < -0.39 is 5.97 Å². The molecule has 0 unspecified atom stereocenters. The van der Waals surface area contributed by atoms with E-state index in [9.17, 15) is 9.59 Å². The lowest BCUT2D eigenvalue weighted by Crippen LogP contribution is -2.20. The van der Waals surface area contributed by atoms with Crippen LogP contribution in [0.25, 0.3) is 0 Å². The maximum atomic E-state index is 13.3. The summed E-state index contributed by atoms with van der Waals surface area (Å²) in [5.74, 6) is 0.215. The second-order valence-electron chi connectivity index (χ2n) is 7.10. The van der Waals surface area contributed by atoms with Gasteiger partial charge < -0.3 is 5.11 Å². The van der Waals surface area contributed by atoms with Crippen molar-refractivity contribution < 1.29 is 14.7 Å². The summed E-state index contributed by atoms with van der Waals surface area (Å²) in [6.45, 7) is 4.15. The Morgan fingerprint density at radius 3 is 1.60 bits per heavy atom. The first-order valence-corrected chi connectivity index (χ1v) is 11.7. The van der Waals surface area contributed by atoms with Crippen LogP contribution < -0.4 is 0 Å². The number of carbonyl (C=O) groups is 2. The molecule has 3 aromatic rings. The highest BCUT2D eigenvalue weighted by atomic mass is 32.2. The summed E-state index contributed by atoms with van der Waals surface area (Å²) in [6, 6.07) is 22.6. The first kappa shape index (κ1) is 22.2. The molecule has 30 heavy (non-hydrogen) atoms. The van der Waals surface area contributed by atoms with E-state index >= 15 is 0 Å². The lowest BCUT2D eigenvalue weighted by Gasteiger charge is -2.17. The van der Waals surface area contributed by atoms with Gasteiger partial charge in [-0.2, -0.15) is 0 Å². The molecule has 0 spiro atoms. The maximum absolute atomic E-state index is 13.3. The van der Waals surface area contributed by atoms with Crippen molar-refractivity contribution in [2.45, 2.75) is 23.6 Å². The third kappa shape index (κ3) is 5.77. The minimum absolute atomic E-state index is 0.0501. The van der Waals surface area contributed by atoms with Gasteiger partial charge in [-0.1, -0.05) is 48.5 Å². The fraction of sp³-hybridized carbons (Fsp3) is 0.200. The van der Waals surface area contributed by atoms with Gasteiger partial charge in [0.2, 0.25) is 0 Å². The van der Waals surface area contributed by atoms with Crippen LogP contribution in [0.3, 0.4) is 0 Å². The molecule has 3 rings (SSSR count). The molecule has 3 nitrogen and oxygen atoms in total. The molecule has 0 aliphatic carbocycles. The minimum atomic E-state index is -0.990. The van der Waals surface area contributed by atoms with Crippen LogP contribution in [-0.4, -0.2) is 28.4 Å². The zero-order chi connectivity index (χ0) is 21.5. The van der Waals surface area contributed by atoms with E-state index in [4.69, 9.17) is 5.11 Å². The number of carboxylic acids is 1. The Bertz CT molecular complexity index is 979. The van der Waals surface area contributed by atoms with Crippen LogP contribution in [0.5, 0.6) is 0 Å². The van der Waals surface area contributed by atoms with Crippen LogP contribution in [0, 0.1) is 19.8 Å². The Balaban J connectivity index is 1.78. The number of benzene rings is 3. The Hall–Kier alpha value is -2.50. The highest BCUT2D eigenvalue weighted by Crippen LogP contribution is 2.30. The summed E-state index contributed by atoms with van der Waals surface area (Å²) in [6.07, 6.45) is 0. The lowest BCUT2D eigenvalue weighted by atomic mass is 10.00. The van der Waals surface area contributed by atoms with Crippen LogP contribution in [0.2, 0.25) is 0 Å². The van der Waals surface area contributed by atoms with Crippen molar-refractivity contribution in [1.29, 1.82) is 0 Å². The summed E-state index contributed by atoms with van der Waals surface area (Å²) in [5.41, 5.74) is 3.14. The molecule has 0 bridgehead atoms. The molecular formula is C25H24O3S2. The largest absolute Gasteiger partial charge is 0.478 e. The van der Waals surface area contributed by atoms with Crippen molar-refractivity contribution in [3.8, 4) is 0 Å². The Labute approximate surface area is 185 Å². The summed E-state index contributed by atoms with van der Waals surface area (Å²) in [7, 11) is 0. The smallest absolute Gasteiger partial charge is 0.335 e. The van der Waals surface area contributed by atoms with Crippen LogP contribution in [0.15, 0.2) is 82.6 Å². The van der Waals surface area contributed by atoms with Gasteiger partial charge >= 0.3 is 5.97 Å². The van der Waals surface area contributed by atoms with Crippen molar-refractivity contribution in [3.05, 3.63) is 95.1 Å². The molecule has 0 aliphatic heterocycles. The van der Waals surface area contributed by atoms with E-state index in [1.807, 2.05) is 24.3 Å². The lowest BCUT2D eigenvalue weighted by molar-refractivity contribution is 0.0696. The summed E-state index contributed by atoms with van der Waals surface area (Å²) < 4.78 is 0. The van der Waals surface area contributed by atoms with E-state index in [0.717, 1.165) is 0 Å². The molecule has 154 valence electrons. The summed E-state index contributed by atoms with van der Waals surface area (Å²) in [4.78, 5) is 26.7. The van der Waals surface area contributed by atoms with Gasteiger partial charge in [0.25, 0.3) is 0 Å². The topological polar surface area (TPSA) is 54.4 Å². The standard InChI is InChI=1S/C25H24O3S2/c1-17-7-3-5-9-22(17)29-15-21(16-30-23-10-6-4-8-18(23)2)24(26)19-11-13-20(14-12-19)25(27)28/h3-14,21H,15-16H2,1-2H3,(H,27,28). The monoisotopic (exact) mass is 436 g/mol. The van der Waals surface area contributed by atoms with Gasteiger partial charge in [0.15, 0.2) is 5.78 Å². The second-order valence-corrected chi connectivity index (χ2v) is 9.22. The van der Waals surface area contributed by atoms with Crippen LogP contribution in [-0.2, 0) is 0 Å². The first-order chi connectivity index (χ1) is 14.5. The van der Waals surface area contributed by atoms with E-state index in [-0.39, 0.29) is 17.3 Å². The number of Topliss-reactive ketones (excluding diaryl/α,β-unsaturated/α-hetero) is 1. The maximum Gasteiger partial charge on any atom is 0.335 e. The van der Waals surface area contributed by atoms with Crippen molar-refractivity contribution in [2.75, 3.05) is 11.5 Å². The predicted octanol–water partition coefficient (Wildman–Crippen LogP) is 6.39. The van der Waals surface area contributed by atoms with Gasteiger partial charge in [-0.15, -0.1) is 23.5 Å². The van der Waals surface area contributed by atoms with E-state index in [0.29, 0.717) is 17.1 Å². The van der Waals surface area contributed by atoms with Gasteiger partial charge in [0.05, 0.1) is 5.56 Å². The predicted molar refractivity (Wildman–Crippen MR) is 125 cm³/mol. The number of carboxylic acid groups (broad SMARTS) is 1. The van der Waals surface area contributed by atoms with Gasteiger partial charge in [-0.25, -0.2) is 4.79 Å². The summed E-state index contributed by atoms with van der Waals surface area (Å²) in [5, 5.41) is 9.10. The van der Waals surface area contributed by atoms with Crippen molar-refractivity contribution in [1.82, 2.24) is 0 Å². The quantitative estimate of drug-likeness (QED) is 0.311. The number of ketones is 1. The van der Waals surface area contributed by atoms with Crippen molar-refractivity contribution in [2.24, 2.45) is 5.92 Å². The number of aromatic carboxylic acids is 1. The van der Waals surface area contributed by atoms with Crippen LogP contribution in [0.1, 0.15) is 31.8 Å². The fourth-order valence-corrected chi connectivity index (χ4v) is 5.42. The molecule has 1 N–H and O–H groups in total. The first-order valence-electron chi connectivity index (χ1n) is 9.70. The van der Waals surface area contributed by atoms with Crippen molar-refractivity contribution >= 4 is 35.3 Å². The molecule has 0 aromatic heterocycles. The molecule has 0 saturated carbocycles. The number of hydrogen-bond donors (Lipinski definition) is 1. The van der Waals surface area contributed by atoms with Crippen molar-refractivity contribution in [3.63, 3.8) is 0 Å². The highest BCUT2D eigenvalue weighted by molar-refractivity contribution is 8.00. The Morgan fingerprint density at radius 2 is 1.17 bits per heavy atom. The second kappa shape index (κ2) is 10.5. The zero-order valence-corrected chi connectivity index (χ0v) is 18.6. The number of aryl methyl sites for hydroxylation is 2. The molecule has 0 saturated heterocycles. The molecule has 5 heteroatoms. The Morgan fingerprint density at radius 1 is 0.733 bits per heavy atom. The number of hydrogen-bond acceptors (Lipinski definition) is 4. The van der Waals surface area contributed by atoms with Crippen LogP contribution in [0.4, 0.5) is 0 Å². The average molecular weight is 437 g/mol. The molecule has 0 aliphatic rings. The fourth-order valence-electron chi connectivity index (χ4n) is 3.03. The van der Waals surface area contributed by atoms with E-state index in [2.05, 4.69) is 38.1 Å². The van der Waals surface area contributed by atoms with Gasteiger partial charge in [0.1, 0.15) is 0 Å². The highest BCUT2D eigenvalue weighted by Gasteiger charge is 2.22. The van der Waals surface area contributed by atoms with E-state index in [1.165, 1.54) is 33.1 Å². The molecule has 0 fully saturated rings.